The third-order valence-electron chi connectivity index (χ3n) is 2.81. The number of nitrogens with zero attached hydrogens (tertiary/aromatic N) is 2. The minimum absolute atomic E-state index is 0. The van der Waals surface area contributed by atoms with Crippen molar-refractivity contribution in [1.82, 2.24) is 20.8 Å². The number of ether oxygens (including phenoxy) is 1. The number of methoxy groups -OCH3 is 1. The average molecular weight is 335 g/mol. The molecule has 0 radical (unpaired) electrons. The van der Waals surface area contributed by atoms with Crippen LogP contribution in [0.4, 0.5) is 0 Å². The van der Waals surface area contributed by atoms with E-state index in [1.165, 1.54) is 0 Å². The lowest BCUT2D eigenvalue weighted by Crippen LogP contribution is -2.33. The van der Waals surface area contributed by atoms with Crippen LogP contribution in [-0.2, 0) is 21.4 Å². The van der Waals surface area contributed by atoms with E-state index >= 15 is 0 Å². The van der Waals surface area contributed by atoms with Gasteiger partial charge in [0.2, 0.25) is 11.8 Å². The Labute approximate surface area is 138 Å². The van der Waals surface area contributed by atoms with E-state index in [0.29, 0.717) is 37.7 Å². The lowest BCUT2D eigenvalue weighted by atomic mass is 9.96. The molecule has 0 saturated heterocycles. The fourth-order valence-corrected chi connectivity index (χ4v) is 1.56. The Hall–Kier alpha value is -1.18. The first-order valence-corrected chi connectivity index (χ1v) is 7.23. The Bertz CT molecular complexity index is 432. The zero-order valence-electron chi connectivity index (χ0n) is 13.8. The molecule has 0 aliphatic carbocycles. The highest BCUT2D eigenvalue weighted by atomic mass is 35.5. The van der Waals surface area contributed by atoms with E-state index in [4.69, 9.17) is 9.26 Å². The van der Waals surface area contributed by atoms with Gasteiger partial charge in [-0.1, -0.05) is 25.9 Å². The van der Waals surface area contributed by atoms with Crippen molar-refractivity contribution in [2.45, 2.75) is 39.0 Å². The average Bonchev–Trinajstić information content (AvgIpc) is 2.89. The quantitative estimate of drug-likeness (QED) is 0.657. The molecule has 0 atom stereocenters. The highest BCUT2D eigenvalue weighted by Gasteiger charge is 2.20. The lowest BCUT2D eigenvalue weighted by Gasteiger charge is -2.10. The molecule has 0 fully saturated rings. The van der Waals surface area contributed by atoms with Gasteiger partial charge in [-0.2, -0.15) is 4.98 Å². The normalized spacial score (nSPS) is 11.1. The van der Waals surface area contributed by atoms with Crippen LogP contribution in [0.2, 0.25) is 0 Å². The number of rotatable bonds is 9. The van der Waals surface area contributed by atoms with E-state index in [0.717, 1.165) is 13.1 Å². The molecule has 7 nitrogen and oxygen atoms in total. The maximum absolute atomic E-state index is 11.7. The van der Waals surface area contributed by atoms with Crippen LogP contribution in [0.25, 0.3) is 0 Å². The Balaban J connectivity index is 0.00000441. The molecule has 0 aliphatic rings. The molecule has 0 aliphatic heterocycles. The third-order valence-corrected chi connectivity index (χ3v) is 2.81. The fourth-order valence-electron chi connectivity index (χ4n) is 1.56. The van der Waals surface area contributed by atoms with Gasteiger partial charge in [-0.3, -0.25) is 4.79 Å². The van der Waals surface area contributed by atoms with Crippen LogP contribution in [-0.4, -0.2) is 49.4 Å². The third kappa shape index (κ3) is 8.31. The largest absolute Gasteiger partial charge is 0.383 e. The van der Waals surface area contributed by atoms with Gasteiger partial charge >= 0.3 is 0 Å². The van der Waals surface area contributed by atoms with Gasteiger partial charge in [-0.05, 0) is 0 Å². The summed E-state index contributed by atoms with van der Waals surface area (Å²) in [7, 11) is 1.66. The van der Waals surface area contributed by atoms with E-state index < -0.39 is 0 Å². The van der Waals surface area contributed by atoms with E-state index in [2.05, 4.69) is 20.8 Å². The molecule has 0 aromatic carbocycles. The molecule has 8 heteroatoms. The zero-order chi connectivity index (χ0) is 15.7. The molecular weight excluding hydrogens is 308 g/mol. The maximum atomic E-state index is 11.7. The number of halogens is 1. The molecule has 1 heterocycles. The highest BCUT2D eigenvalue weighted by Crippen LogP contribution is 2.18. The van der Waals surface area contributed by atoms with Crippen LogP contribution in [0.3, 0.4) is 0 Å². The highest BCUT2D eigenvalue weighted by molar-refractivity contribution is 5.85. The molecule has 1 rings (SSSR count). The Morgan fingerprint density at radius 3 is 2.59 bits per heavy atom. The summed E-state index contributed by atoms with van der Waals surface area (Å²) in [6.07, 6.45) is 0.815. The molecule has 0 saturated carbocycles. The standard InChI is InChI=1S/C14H26N4O3.ClH/c1-14(2,3)13-17-12(21-18-13)6-5-11(19)16-8-7-15-9-10-20-4;/h15H,5-10H2,1-4H3,(H,16,19);1H. The number of carbonyl (C=O) groups excluding carboxylic acids is 1. The minimum Gasteiger partial charge on any atom is -0.383 e. The van der Waals surface area contributed by atoms with E-state index in [1.807, 2.05) is 20.8 Å². The summed E-state index contributed by atoms with van der Waals surface area (Å²) in [5.74, 6) is 1.16. The van der Waals surface area contributed by atoms with Gasteiger partial charge in [0.15, 0.2) is 5.82 Å². The minimum atomic E-state index is -0.141. The van der Waals surface area contributed by atoms with Crippen LogP contribution >= 0.6 is 12.4 Å². The Morgan fingerprint density at radius 1 is 1.27 bits per heavy atom. The monoisotopic (exact) mass is 334 g/mol. The number of amides is 1. The van der Waals surface area contributed by atoms with Gasteiger partial charge in [0.1, 0.15) is 0 Å². The van der Waals surface area contributed by atoms with Crippen molar-refractivity contribution in [1.29, 1.82) is 0 Å². The summed E-state index contributed by atoms with van der Waals surface area (Å²) in [6, 6.07) is 0. The van der Waals surface area contributed by atoms with Crippen molar-refractivity contribution < 1.29 is 14.1 Å². The van der Waals surface area contributed by atoms with Crippen LogP contribution in [0.15, 0.2) is 4.52 Å². The summed E-state index contributed by atoms with van der Waals surface area (Å²) in [6.45, 7) is 8.83. The smallest absolute Gasteiger partial charge is 0.227 e. The molecule has 22 heavy (non-hydrogen) atoms. The summed E-state index contributed by atoms with van der Waals surface area (Å²) in [5, 5.41) is 9.92. The molecule has 1 amide bonds. The van der Waals surface area contributed by atoms with Crippen molar-refractivity contribution in [2.24, 2.45) is 0 Å². The Kier molecular flexibility index (Phi) is 9.97. The molecule has 0 unspecified atom stereocenters. The summed E-state index contributed by atoms with van der Waals surface area (Å²) in [5.41, 5.74) is -0.141. The predicted molar refractivity (Wildman–Crippen MR) is 86.3 cm³/mol. The summed E-state index contributed by atoms with van der Waals surface area (Å²) < 4.78 is 10.1. The van der Waals surface area contributed by atoms with Crippen LogP contribution < -0.4 is 10.6 Å². The van der Waals surface area contributed by atoms with Crippen molar-refractivity contribution >= 4 is 18.3 Å². The van der Waals surface area contributed by atoms with Gasteiger partial charge in [-0.25, -0.2) is 0 Å². The predicted octanol–water partition coefficient (Wildman–Crippen LogP) is 1.07. The topological polar surface area (TPSA) is 89.3 Å². The van der Waals surface area contributed by atoms with Crippen molar-refractivity contribution in [2.75, 3.05) is 33.4 Å². The first-order chi connectivity index (χ1) is 9.93. The summed E-state index contributed by atoms with van der Waals surface area (Å²) in [4.78, 5) is 16.0. The molecule has 1 aromatic rings. The van der Waals surface area contributed by atoms with Gasteiger partial charge in [0.05, 0.1) is 6.61 Å². The van der Waals surface area contributed by atoms with E-state index in [-0.39, 0.29) is 23.7 Å². The number of aromatic nitrogens is 2. The van der Waals surface area contributed by atoms with Crippen molar-refractivity contribution in [3.63, 3.8) is 0 Å². The van der Waals surface area contributed by atoms with Gasteiger partial charge in [0.25, 0.3) is 0 Å². The number of aryl methyl sites for hydroxylation is 1. The maximum Gasteiger partial charge on any atom is 0.227 e. The van der Waals surface area contributed by atoms with Crippen LogP contribution in [0, 0.1) is 0 Å². The SMILES string of the molecule is COCCNCCNC(=O)CCc1nc(C(C)(C)C)no1.Cl. The molecule has 0 spiro atoms. The second-order valence-electron chi connectivity index (χ2n) is 5.85. The molecule has 0 bridgehead atoms. The summed E-state index contributed by atoms with van der Waals surface area (Å²) >= 11 is 0. The lowest BCUT2D eigenvalue weighted by molar-refractivity contribution is -0.121. The van der Waals surface area contributed by atoms with Crippen molar-refractivity contribution in [3.05, 3.63) is 11.7 Å². The molecule has 128 valence electrons. The molecular formula is C14H27ClN4O3. The number of nitrogens with one attached hydrogen (secondary N) is 2. The fraction of sp³-hybridized carbons (Fsp3) is 0.786. The molecule has 1 aromatic heterocycles. The van der Waals surface area contributed by atoms with Gasteiger partial charge in [0, 0.05) is 45.0 Å². The van der Waals surface area contributed by atoms with E-state index in [1.54, 1.807) is 7.11 Å². The van der Waals surface area contributed by atoms with Crippen LogP contribution in [0.5, 0.6) is 0 Å². The number of hydrogen-bond donors (Lipinski definition) is 2. The van der Waals surface area contributed by atoms with Crippen molar-refractivity contribution in [3.8, 4) is 0 Å². The number of carbonyl (C=O) groups is 1. The molecule has 2 N–H and O–H groups in total. The van der Waals surface area contributed by atoms with E-state index in [9.17, 15) is 4.79 Å². The van der Waals surface area contributed by atoms with Gasteiger partial charge in [-0.15, -0.1) is 12.4 Å². The first kappa shape index (κ1) is 20.8. The Morgan fingerprint density at radius 2 is 2.00 bits per heavy atom. The second-order valence-corrected chi connectivity index (χ2v) is 5.85. The number of hydrogen-bond acceptors (Lipinski definition) is 6. The zero-order valence-corrected chi connectivity index (χ0v) is 14.6. The van der Waals surface area contributed by atoms with Gasteiger partial charge < -0.3 is 19.9 Å². The van der Waals surface area contributed by atoms with Crippen LogP contribution in [0.1, 0.15) is 38.9 Å². The second kappa shape index (κ2) is 10.5. The first-order valence-electron chi connectivity index (χ1n) is 7.23.